The maximum Gasteiger partial charge on any atom is 0.244 e. The van der Waals surface area contributed by atoms with Gasteiger partial charge in [-0.05, 0) is 41.9 Å². The van der Waals surface area contributed by atoms with Gasteiger partial charge in [0.05, 0.1) is 29.2 Å². The summed E-state index contributed by atoms with van der Waals surface area (Å²) in [4.78, 5) is 12.0. The van der Waals surface area contributed by atoms with Crippen LogP contribution in [0.3, 0.4) is 0 Å². The molecule has 0 fully saturated rings. The first-order valence-electron chi connectivity index (χ1n) is 5.59. The summed E-state index contributed by atoms with van der Waals surface area (Å²) in [5.74, 6) is 0.638. The molecule has 1 N–H and O–H groups in total. The number of aromatic nitrogens is 2. The van der Waals surface area contributed by atoms with Crippen molar-refractivity contribution in [3.63, 3.8) is 0 Å². The number of nitrogens with one attached hydrogen (secondary N) is 1. The van der Waals surface area contributed by atoms with Crippen LogP contribution in [0.5, 0.6) is 0 Å². The molecule has 0 saturated heterocycles. The van der Waals surface area contributed by atoms with Gasteiger partial charge in [-0.15, -0.1) is 0 Å². The fourth-order valence-electron chi connectivity index (χ4n) is 1.64. The van der Waals surface area contributed by atoms with Gasteiger partial charge in [0.15, 0.2) is 0 Å². The summed E-state index contributed by atoms with van der Waals surface area (Å²) in [6.45, 7) is 4.11. The zero-order valence-electron chi connectivity index (χ0n) is 10.2. The van der Waals surface area contributed by atoms with Gasteiger partial charge in [-0.25, -0.2) is 0 Å². The van der Waals surface area contributed by atoms with E-state index in [2.05, 4.69) is 26.3 Å². The Morgan fingerprint density at radius 1 is 1.67 bits per heavy atom. The maximum atomic E-state index is 12.0. The standard InChI is InChI=1S/C12H14BrN3O2/c1-8-11(13)7-15-16(8)9(2)12(17)14-6-10-4-3-5-18-10/h3-5,7,9H,6H2,1-2H3,(H,14,17)/t9-/m0/s1. The van der Waals surface area contributed by atoms with Crippen molar-refractivity contribution in [1.82, 2.24) is 15.1 Å². The van der Waals surface area contributed by atoms with Crippen LogP contribution in [0.15, 0.2) is 33.5 Å². The second-order valence-electron chi connectivity index (χ2n) is 4.00. The smallest absolute Gasteiger partial charge is 0.244 e. The van der Waals surface area contributed by atoms with Gasteiger partial charge < -0.3 is 9.73 Å². The molecule has 0 bridgehead atoms. The highest BCUT2D eigenvalue weighted by atomic mass is 79.9. The summed E-state index contributed by atoms with van der Waals surface area (Å²) in [5, 5.41) is 6.98. The molecule has 0 aliphatic rings. The number of rotatable bonds is 4. The average molecular weight is 312 g/mol. The van der Waals surface area contributed by atoms with Gasteiger partial charge in [-0.1, -0.05) is 0 Å². The molecule has 0 aromatic carbocycles. The van der Waals surface area contributed by atoms with E-state index in [1.54, 1.807) is 23.2 Å². The zero-order valence-corrected chi connectivity index (χ0v) is 11.8. The zero-order chi connectivity index (χ0) is 13.1. The van der Waals surface area contributed by atoms with Crippen molar-refractivity contribution in [2.24, 2.45) is 0 Å². The molecule has 0 spiro atoms. The first-order valence-corrected chi connectivity index (χ1v) is 6.38. The number of hydrogen-bond donors (Lipinski definition) is 1. The Morgan fingerprint density at radius 3 is 3.00 bits per heavy atom. The molecule has 1 atom stereocenters. The Kier molecular flexibility index (Phi) is 3.86. The molecular weight excluding hydrogens is 298 g/mol. The fraction of sp³-hybridized carbons (Fsp3) is 0.333. The lowest BCUT2D eigenvalue weighted by molar-refractivity contribution is -0.124. The number of nitrogens with zero attached hydrogens (tertiary/aromatic N) is 2. The van der Waals surface area contributed by atoms with Crippen LogP contribution < -0.4 is 5.32 Å². The van der Waals surface area contributed by atoms with E-state index in [0.29, 0.717) is 6.54 Å². The van der Waals surface area contributed by atoms with Gasteiger partial charge >= 0.3 is 0 Å². The van der Waals surface area contributed by atoms with Crippen molar-refractivity contribution in [2.75, 3.05) is 0 Å². The average Bonchev–Trinajstić information content (AvgIpc) is 2.97. The number of carbonyl (C=O) groups is 1. The van der Waals surface area contributed by atoms with E-state index in [0.717, 1.165) is 15.9 Å². The molecule has 6 heteroatoms. The number of carbonyl (C=O) groups excluding carboxylic acids is 1. The van der Waals surface area contributed by atoms with Gasteiger partial charge in [-0.2, -0.15) is 5.10 Å². The van der Waals surface area contributed by atoms with Crippen LogP contribution in [0, 0.1) is 6.92 Å². The molecule has 2 heterocycles. The van der Waals surface area contributed by atoms with Crippen LogP contribution in [0.2, 0.25) is 0 Å². The number of amides is 1. The van der Waals surface area contributed by atoms with E-state index in [1.165, 1.54) is 0 Å². The molecule has 5 nitrogen and oxygen atoms in total. The molecule has 18 heavy (non-hydrogen) atoms. The minimum Gasteiger partial charge on any atom is -0.467 e. The van der Waals surface area contributed by atoms with Crippen LogP contribution in [0.4, 0.5) is 0 Å². The predicted molar refractivity (Wildman–Crippen MR) is 69.9 cm³/mol. The van der Waals surface area contributed by atoms with Gasteiger partial charge in [0, 0.05) is 0 Å². The lowest BCUT2D eigenvalue weighted by Gasteiger charge is -2.13. The maximum absolute atomic E-state index is 12.0. The molecule has 1 amide bonds. The summed E-state index contributed by atoms with van der Waals surface area (Å²) in [5.41, 5.74) is 0.927. The van der Waals surface area contributed by atoms with E-state index in [1.807, 2.05) is 19.9 Å². The lowest BCUT2D eigenvalue weighted by atomic mass is 10.3. The highest BCUT2D eigenvalue weighted by Gasteiger charge is 2.18. The molecular formula is C12H14BrN3O2. The Labute approximate surface area is 113 Å². The quantitative estimate of drug-likeness (QED) is 0.943. The van der Waals surface area contributed by atoms with Gasteiger partial charge in [-0.3, -0.25) is 9.48 Å². The Bertz CT molecular complexity index is 534. The second-order valence-corrected chi connectivity index (χ2v) is 4.85. The highest BCUT2D eigenvalue weighted by Crippen LogP contribution is 2.18. The normalized spacial score (nSPS) is 12.4. The third kappa shape index (κ3) is 2.64. The van der Waals surface area contributed by atoms with E-state index >= 15 is 0 Å². The largest absolute Gasteiger partial charge is 0.467 e. The van der Waals surface area contributed by atoms with E-state index in [9.17, 15) is 4.79 Å². The van der Waals surface area contributed by atoms with Crippen molar-refractivity contribution in [3.8, 4) is 0 Å². The van der Waals surface area contributed by atoms with E-state index in [4.69, 9.17) is 4.42 Å². The minimum absolute atomic E-state index is 0.0925. The number of hydrogen-bond acceptors (Lipinski definition) is 3. The monoisotopic (exact) mass is 311 g/mol. The number of halogens is 1. The third-order valence-corrected chi connectivity index (χ3v) is 3.53. The first kappa shape index (κ1) is 12.9. The van der Waals surface area contributed by atoms with Crippen LogP contribution >= 0.6 is 15.9 Å². The predicted octanol–water partition coefficient (Wildman–Crippen LogP) is 2.42. The lowest BCUT2D eigenvalue weighted by Crippen LogP contribution is -2.31. The number of furan rings is 1. The van der Waals surface area contributed by atoms with Crippen molar-refractivity contribution in [2.45, 2.75) is 26.4 Å². The van der Waals surface area contributed by atoms with Crippen molar-refractivity contribution in [3.05, 3.63) is 40.5 Å². The van der Waals surface area contributed by atoms with E-state index in [-0.39, 0.29) is 11.9 Å². The molecule has 0 aliphatic carbocycles. The second kappa shape index (κ2) is 5.39. The SMILES string of the molecule is Cc1c(Br)cnn1[C@@H](C)C(=O)NCc1ccco1. The first-order chi connectivity index (χ1) is 8.59. The Hall–Kier alpha value is -1.56. The van der Waals surface area contributed by atoms with Crippen LogP contribution in [0.25, 0.3) is 0 Å². The molecule has 0 saturated carbocycles. The molecule has 0 radical (unpaired) electrons. The summed E-state index contributed by atoms with van der Waals surface area (Å²) in [6, 6.07) is 3.26. The third-order valence-electron chi connectivity index (χ3n) is 2.75. The fourth-order valence-corrected chi connectivity index (χ4v) is 1.91. The van der Waals surface area contributed by atoms with Gasteiger partial charge in [0.25, 0.3) is 0 Å². The van der Waals surface area contributed by atoms with Crippen LogP contribution in [-0.2, 0) is 11.3 Å². The van der Waals surface area contributed by atoms with Crippen molar-refractivity contribution < 1.29 is 9.21 Å². The van der Waals surface area contributed by atoms with Gasteiger partial charge in [0.1, 0.15) is 11.8 Å². The minimum atomic E-state index is -0.355. The topological polar surface area (TPSA) is 60.1 Å². The van der Waals surface area contributed by atoms with Crippen LogP contribution in [0.1, 0.15) is 24.4 Å². The Morgan fingerprint density at radius 2 is 2.44 bits per heavy atom. The van der Waals surface area contributed by atoms with E-state index < -0.39 is 0 Å². The molecule has 0 unspecified atom stereocenters. The molecule has 2 aromatic rings. The van der Waals surface area contributed by atoms with Gasteiger partial charge in [0.2, 0.25) is 5.91 Å². The molecule has 0 aliphatic heterocycles. The molecule has 2 rings (SSSR count). The summed E-state index contributed by atoms with van der Waals surface area (Å²) in [7, 11) is 0. The highest BCUT2D eigenvalue weighted by molar-refractivity contribution is 9.10. The Balaban J connectivity index is 1.98. The summed E-state index contributed by atoms with van der Waals surface area (Å²) >= 11 is 3.37. The molecule has 2 aromatic heterocycles. The summed E-state index contributed by atoms with van der Waals surface area (Å²) in [6.07, 6.45) is 3.27. The van der Waals surface area contributed by atoms with Crippen LogP contribution in [-0.4, -0.2) is 15.7 Å². The molecule has 96 valence electrons. The van der Waals surface area contributed by atoms with Crippen molar-refractivity contribution >= 4 is 21.8 Å². The summed E-state index contributed by atoms with van der Waals surface area (Å²) < 4.78 is 7.73. The van der Waals surface area contributed by atoms with Crippen molar-refractivity contribution in [1.29, 1.82) is 0 Å².